The molecule has 1 aliphatic rings. The maximum absolute atomic E-state index is 13.0. The highest BCUT2D eigenvalue weighted by Gasteiger charge is 2.33. The van der Waals surface area contributed by atoms with Crippen molar-refractivity contribution in [1.29, 1.82) is 0 Å². The molecule has 0 bridgehead atoms. The highest BCUT2D eigenvalue weighted by molar-refractivity contribution is 5.96. The molecule has 0 aliphatic carbocycles. The summed E-state index contributed by atoms with van der Waals surface area (Å²) in [5, 5.41) is 9.96. The molecule has 2 aromatic rings. The number of para-hydroxylation sites is 2. The number of nitrogens with zero attached hydrogens (tertiary/aromatic N) is 2. The van der Waals surface area contributed by atoms with E-state index in [1.807, 2.05) is 64.1 Å². The second-order valence-corrected chi connectivity index (χ2v) is 12.3. The number of benzene rings is 2. The summed E-state index contributed by atoms with van der Waals surface area (Å²) in [5.41, 5.74) is 6.34. The zero-order valence-corrected chi connectivity index (χ0v) is 26.4. The zero-order chi connectivity index (χ0) is 29.8. The van der Waals surface area contributed by atoms with Crippen molar-refractivity contribution in [2.45, 2.75) is 79.2 Å². The molecule has 0 spiro atoms. The van der Waals surface area contributed by atoms with Gasteiger partial charge in [0.2, 0.25) is 5.91 Å². The fourth-order valence-electron chi connectivity index (χ4n) is 5.79. The third-order valence-corrected chi connectivity index (χ3v) is 8.61. The summed E-state index contributed by atoms with van der Waals surface area (Å²) in [4.78, 5) is 28.2. The molecule has 0 saturated carbocycles. The van der Waals surface area contributed by atoms with Gasteiger partial charge in [0.05, 0.1) is 26.2 Å². The molecule has 1 saturated heterocycles. The summed E-state index contributed by atoms with van der Waals surface area (Å²) in [6.45, 7) is 16.7. The van der Waals surface area contributed by atoms with E-state index in [2.05, 4.69) is 34.8 Å². The predicted octanol–water partition coefficient (Wildman–Crippen LogP) is 5.58. The van der Waals surface area contributed by atoms with Gasteiger partial charge in [-0.25, -0.2) is 0 Å². The van der Waals surface area contributed by atoms with Crippen molar-refractivity contribution in [2.75, 3.05) is 63.5 Å². The van der Waals surface area contributed by atoms with Gasteiger partial charge in [-0.2, -0.15) is 0 Å². The van der Waals surface area contributed by atoms with Gasteiger partial charge in [-0.05, 0) is 88.7 Å². The Hall–Kier alpha value is -2.74. The Morgan fingerprint density at radius 3 is 2.00 bits per heavy atom. The number of carbonyl (C=O) groups is 2. The number of carbonyl (C=O) groups excluding carboxylic acids is 2. The van der Waals surface area contributed by atoms with Gasteiger partial charge in [0.25, 0.3) is 5.91 Å². The standard InChI is InChI=1S/C34H53N5O2/c1-7-8-23-39(6,25-31(40)36-32-26(2)14-12-15-27(32)3)24-20-35-19-10-9-11-21-38-22-18-30(38)34(41)37-33-28(4)16-13-17-29(33)5/h12-17,30,35H,7-11,18-25H2,1-6H3,(H-,36,37,40,41)/p+1. The lowest BCUT2D eigenvalue weighted by atomic mass is 10.0. The zero-order valence-electron chi connectivity index (χ0n) is 26.4. The number of likely N-dealkylation sites (tertiary alicyclic amines) is 1. The number of amides is 2. The first kappa shape index (κ1) is 32.8. The first-order chi connectivity index (χ1) is 19.6. The molecule has 3 rings (SSSR count). The van der Waals surface area contributed by atoms with E-state index in [9.17, 15) is 9.59 Å². The Bertz CT molecular complexity index is 1110. The molecule has 41 heavy (non-hydrogen) atoms. The second kappa shape index (κ2) is 16.0. The van der Waals surface area contributed by atoms with Gasteiger partial charge < -0.3 is 20.4 Å². The van der Waals surface area contributed by atoms with Crippen molar-refractivity contribution in [1.82, 2.24) is 10.2 Å². The average molecular weight is 565 g/mol. The Morgan fingerprint density at radius 2 is 1.44 bits per heavy atom. The average Bonchev–Trinajstić information content (AvgIpc) is 2.90. The topological polar surface area (TPSA) is 73.5 Å². The van der Waals surface area contributed by atoms with Crippen LogP contribution in [0.3, 0.4) is 0 Å². The Labute approximate surface area is 248 Å². The van der Waals surface area contributed by atoms with Gasteiger partial charge in [-0.3, -0.25) is 14.5 Å². The maximum Gasteiger partial charge on any atom is 0.279 e. The van der Waals surface area contributed by atoms with Crippen LogP contribution >= 0.6 is 0 Å². The van der Waals surface area contributed by atoms with Crippen LogP contribution in [0.4, 0.5) is 11.4 Å². The molecule has 7 heteroatoms. The SMILES string of the molecule is CCCC[N+](C)(CCNCCCCCN1CCC1C(=O)Nc1c(C)cccc1C)CC(=O)Nc1c(C)cccc1C. The molecule has 2 amide bonds. The fourth-order valence-corrected chi connectivity index (χ4v) is 5.79. The van der Waals surface area contributed by atoms with Gasteiger partial charge in [0.1, 0.15) is 0 Å². The van der Waals surface area contributed by atoms with E-state index in [4.69, 9.17) is 0 Å². The molecule has 0 aromatic heterocycles. The first-order valence-corrected chi connectivity index (χ1v) is 15.6. The van der Waals surface area contributed by atoms with E-state index >= 15 is 0 Å². The quantitative estimate of drug-likeness (QED) is 0.173. The largest absolute Gasteiger partial charge is 0.324 e. The maximum atomic E-state index is 13.0. The highest BCUT2D eigenvalue weighted by Crippen LogP contribution is 2.24. The predicted molar refractivity (Wildman–Crippen MR) is 171 cm³/mol. The molecule has 2 atom stereocenters. The Balaban J connectivity index is 1.33. The number of likely N-dealkylation sites (N-methyl/N-ethyl adjacent to an activating group) is 1. The van der Waals surface area contributed by atoms with Crippen molar-refractivity contribution in [3.8, 4) is 0 Å². The van der Waals surface area contributed by atoms with Gasteiger partial charge >= 0.3 is 0 Å². The summed E-state index contributed by atoms with van der Waals surface area (Å²) in [6.07, 6.45) is 6.57. The lowest BCUT2D eigenvalue weighted by Crippen LogP contribution is -2.54. The van der Waals surface area contributed by atoms with Gasteiger partial charge in [0.15, 0.2) is 6.54 Å². The van der Waals surface area contributed by atoms with Crippen LogP contribution in [0.15, 0.2) is 36.4 Å². The van der Waals surface area contributed by atoms with Crippen molar-refractivity contribution in [3.63, 3.8) is 0 Å². The van der Waals surface area contributed by atoms with Crippen molar-refractivity contribution < 1.29 is 14.1 Å². The summed E-state index contributed by atoms with van der Waals surface area (Å²) < 4.78 is 0.748. The number of nitrogens with one attached hydrogen (secondary N) is 3. The second-order valence-electron chi connectivity index (χ2n) is 12.3. The molecule has 1 heterocycles. The molecule has 1 fully saturated rings. The molecule has 3 N–H and O–H groups in total. The first-order valence-electron chi connectivity index (χ1n) is 15.6. The molecule has 1 aliphatic heterocycles. The summed E-state index contributed by atoms with van der Waals surface area (Å²) in [7, 11) is 2.21. The smallest absolute Gasteiger partial charge is 0.279 e. The minimum Gasteiger partial charge on any atom is -0.324 e. The minimum absolute atomic E-state index is 0.00221. The number of anilines is 2. The number of hydrogen-bond donors (Lipinski definition) is 3. The summed E-state index contributed by atoms with van der Waals surface area (Å²) >= 11 is 0. The summed E-state index contributed by atoms with van der Waals surface area (Å²) in [6, 6.07) is 12.2. The van der Waals surface area contributed by atoms with Gasteiger partial charge in [0, 0.05) is 24.5 Å². The number of rotatable bonds is 17. The van der Waals surface area contributed by atoms with Crippen molar-refractivity contribution in [2.24, 2.45) is 0 Å². The van der Waals surface area contributed by atoms with E-state index in [1.165, 1.54) is 0 Å². The van der Waals surface area contributed by atoms with Crippen LogP contribution in [-0.2, 0) is 9.59 Å². The molecular formula is C34H54N5O2+. The molecule has 7 nitrogen and oxygen atoms in total. The number of unbranched alkanes of at least 4 members (excludes halogenated alkanes) is 3. The third-order valence-electron chi connectivity index (χ3n) is 8.61. The fraction of sp³-hybridized carbons (Fsp3) is 0.588. The van der Waals surface area contributed by atoms with Crippen molar-refractivity contribution >= 4 is 23.2 Å². The number of hydrogen-bond acceptors (Lipinski definition) is 4. The van der Waals surface area contributed by atoms with Crippen LogP contribution in [0.5, 0.6) is 0 Å². The van der Waals surface area contributed by atoms with Crippen LogP contribution in [0.1, 0.15) is 67.7 Å². The monoisotopic (exact) mass is 564 g/mol. The molecular weight excluding hydrogens is 510 g/mol. The van der Waals surface area contributed by atoms with E-state index < -0.39 is 0 Å². The van der Waals surface area contributed by atoms with E-state index in [1.54, 1.807) is 0 Å². The molecule has 226 valence electrons. The van der Waals surface area contributed by atoms with Crippen LogP contribution in [0.2, 0.25) is 0 Å². The summed E-state index contributed by atoms with van der Waals surface area (Å²) in [5.74, 6) is 0.218. The normalized spacial score (nSPS) is 16.6. The van der Waals surface area contributed by atoms with Crippen molar-refractivity contribution in [3.05, 3.63) is 58.7 Å². The van der Waals surface area contributed by atoms with Gasteiger partial charge in [-0.1, -0.05) is 56.2 Å². The highest BCUT2D eigenvalue weighted by atomic mass is 16.2. The van der Waals surface area contributed by atoms with E-state index in [0.717, 1.165) is 116 Å². The Kier molecular flexibility index (Phi) is 12.8. The van der Waals surface area contributed by atoms with Crippen LogP contribution in [-0.4, -0.2) is 80.1 Å². The molecule has 2 unspecified atom stereocenters. The number of quaternary nitrogens is 1. The minimum atomic E-state index is -0.00221. The van der Waals surface area contributed by atoms with Gasteiger partial charge in [-0.15, -0.1) is 0 Å². The lowest BCUT2D eigenvalue weighted by Gasteiger charge is -2.40. The molecule has 0 radical (unpaired) electrons. The van der Waals surface area contributed by atoms with Crippen LogP contribution in [0.25, 0.3) is 0 Å². The third kappa shape index (κ3) is 9.94. The Morgan fingerprint density at radius 1 is 0.829 bits per heavy atom. The molecule has 2 aromatic carbocycles. The number of aryl methyl sites for hydroxylation is 4. The van der Waals surface area contributed by atoms with Crippen LogP contribution < -0.4 is 16.0 Å². The van der Waals surface area contributed by atoms with Crippen LogP contribution in [0, 0.1) is 27.7 Å². The van der Waals surface area contributed by atoms with E-state index in [-0.39, 0.29) is 17.9 Å². The van der Waals surface area contributed by atoms with E-state index in [0.29, 0.717) is 6.54 Å². The lowest BCUT2D eigenvalue weighted by molar-refractivity contribution is -0.900.